The standard InChI is InChI=1S/C16H11ClO2Se/c17-11-7-5-10(6-8-11)15(18)13-9-20-14-4-2-1-3-12(14)16(13)19/h1-9,15,18H. The maximum atomic E-state index is 12.5. The fourth-order valence-corrected chi connectivity index (χ4v) is 4.19. The Hall–Kier alpha value is -1.38. The van der Waals surface area contributed by atoms with Crippen molar-refractivity contribution in [2.75, 3.05) is 0 Å². The molecule has 1 N–H and O–H groups in total. The molecule has 20 heavy (non-hydrogen) atoms. The van der Waals surface area contributed by atoms with Crippen LogP contribution in [0.25, 0.3) is 9.65 Å². The van der Waals surface area contributed by atoms with Crippen molar-refractivity contribution in [3.8, 4) is 0 Å². The minimum absolute atomic E-state index is 0.0766. The van der Waals surface area contributed by atoms with E-state index in [2.05, 4.69) is 0 Å². The van der Waals surface area contributed by atoms with Crippen LogP contribution in [0.15, 0.2) is 58.3 Å². The summed E-state index contributed by atoms with van der Waals surface area (Å²) >= 11 is 5.91. The van der Waals surface area contributed by atoms with Gasteiger partial charge >= 0.3 is 127 Å². The first-order valence-corrected chi connectivity index (χ1v) is 8.33. The summed E-state index contributed by atoms with van der Waals surface area (Å²) in [6.07, 6.45) is -0.894. The van der Waals surface area contributed by atoms with Gasteiger partial charge in [0.2, 0.25) is 0 Å². The molecule has 0 radical (unpaired) electrons. The van der Waals surface area contributed by atoms with Crippen molar-refractivity contribution < 1.29 is 5.11 Å². The molecule has 0 amide bonds. The Balaban J connectivity index is 2.12. The zero-order chi connectivity index (χ0) is 14.1. The summed E-state index contributed by atoms with van der Waals surface area (Å²) in [5.74, 6) is 0. The predicted molar refractivity (Wildman–Crippen MR) is 82.7 cm³/mol. The molecule has 0 saturated heterocycles. The third-order valence-corrected chi connectivity index (χ3v) is 5.50. The van der Waals surface area contributed by atoms with E-state index in [1.54, 1.807) is 24.3 Å². The average Bonchev–Trinajstić information content (AvgIpc) is 2.48. The van der Waals surface area contributed by atoms with Crippen LogP contribution in [0.1, 0.15) is 17.2 Å². The predicted octanol–water partition coefficient (Wildman–Crippen LogP) is 2.99. The summed E-state index contributed by atoms with van der Waals surface area (Å²) in [5, 5.41) is 11.7. The summed E-state index contributed by atoms with van der Waals surface area (Å²) in [7, 11) is 0. The summed E-state index contributed by atoms with van der Waals surface area (Å²) < 4.78 is 1.07. The number of hydrogen-bond acceptors (Lipinski definition) is 2. The summed E-state index contributed by atoms with van der Waals surface area (Å²) in [6, 6.07) is 14.5. The van der Waals surface area contributed by atoms with E-state index < -0.39 is 6.10 Å². The van der Waals surface area contributed by atoms with Crippen molar-refractivity contribution in [2.45, 2.75) is 6.10 Å². The van der Waals surface area contributed by atoms with Crippen LogP contribution >= 0.6 is 11.6 Å². The number of benzene rings is 2. The third-order valence-electron chi connectivity index (χ3n) is 3.19. The van der Waals surface area contributed by atoms with Gasteiger partial charge in [-0.25, -0.2) is 0 Å². The van der Waals surface area contributed by atoms with Crippen LogP contribution in [0.3, 0.4) is 0 Å². The van der Waals surface area contributed by atoms with E-state index in [1.165, 1.54) is 0 Å². The number of halogens is 1. The Bertz CT molecular complexity index is 809. The second kappa shape index (κ2) is 5.55. The molecule has 1 aromatic heterocycles. The van der Waals surface area contributed by atoms with E-state index >= 15 is 0 Å². The first-order chi connectivity index (χ1) is 9.66. The number of hydrogen-bond donors (Lipinski definition) is 1. The fraction of sp³-hybridized carbons (Fsp3) is 0.0625. The molecule has 0 bridgehead atoms. The molecule has 3 rings (SSSR count). The SMILES string of the molecule is O=c1c(C(O)c2ccc(Cl)cc2)c[se]c2ccccc12. The first kappa shape index (κ1) is 13.6. The number of aliphatic hydroxyl groups is 1. The van der Waals surface area contributed by atoms with Gasteiger partial charge in [-0.2, -0.15) is 0 Å². The van der Waals surface area contributed by atoms with Crippen molar-refractivity contribution >= 4 is 35.8 Å². The second-order valence-electron chi connectivity index (χ2n) is 4.47. The Kier molecular flexibility index (Phi) is 3.77. The third kappa shape index (κ3) is 2.46. The Labute approximate surface area is 127 Å². The van der Waals surface area contributed by atoms with E-state index in [0.717, 1.165) is 4.26 Å². The van der Waals surface area contributed by atoms with Crippen molar-refractivity contribution in [2.24, 2.45) is 0 Å². The molecule has 1 atom stereocenters. The van der Waals surface area contributed by atoms with E-state index in [9.17, 15) is 9.90 Å². The van der Waals surface area contributed by atoms with Crippen molar-refractivity contribution in [1.29, 1.82) is 0 Å². The zero-order valence-corrected chi connectivity index (χ0v) is 12.9. The van der Waals surface area contributed by atoms with Crippen LogP contribution in [0.5, 0.6) is 0 Å². The molecule has 2 nitrogen and oxygen atoms in total. The first-order valence-electron chi connectivity index (χ1n) is 6.11. The maximum absolute atomic E-state index is 12.5. The van der Waals surface area contributed by atoms with Crippen LogP contribution < -0.4 is 5.43 Å². The molecule has 4 heteroatoms. The summed E-state index contributed by atoms with van der Waals surface area (Å²) in [5.41, 5.74) is 1.06. The summed E-state index contributed by atoms with van der Waals surface area (Å²) in [6.45, 7) is 0. The van der Waals surface area contributed by atoms with Crippen LogP contribution in [-0.2, 0) is 0 Å². The molecule has 1 unspecified atom stereocenters. The van der Waals surface area contributed by atoms with E-state index in [-0.39, 0.29) is 19.9 Å². The van der Waals surface area contributed by atoms with Gasteiger partial charge in [-0.05, 0) is 0 Å². The van der Waals surface area contributed by atoms with Crippen molar-refractivity contribution in [3.63, 3.8) is 0 Å². The molecule has 0 aliphatic rings. The Morgan fingerprint density at radius 2 is 1.75 bits per heavy atom. The molecule has 2 aromatic carbocycles. The van der Waals surface area contributed by atoms with Crippen molar-refractivity contribution in [1.82, 2.24) is 0 Å². The van der Waals surface area contributed by atoms with E-state index in [0.29, 0.717) is 21.5 Å². The van der Waals surface area contributed by atoms with Gasteiger partial charge in [0.1, 0.15) is 0 Å². The molecular formula is C16H11ClO2Se. The number of aliphatic hydroxyl groups excluding tert-OH is 1. The monoisotopic (exact) mass is 350 g/mol. The van der Waals surface area contributed by atoms with Gasteiger partial charge < -0.3 is 0 Å². The molecule has 3 aromatic rings. The number of fused-ring (bicyclic) bond motifs is 1. The van der Waals surface area contributed by atoms with Gasteiger partial charge in [-0.15, -0.1) is 0 Å². The molecule has 100 valence electrons. The molecule has 0 spiro atoms. The number of rotatable bonds is 2. The molecule has 0 aliphatic carbocycles. The van der Waals surface area contributed by atoms with Gasteiger partial charge in [0.05, 0.1) is 0 Å². The molecule has 0 aliphatic heterocycles. The van der Waals surface area contributed by atoms with Crippen LogP contribution in [-0.4, -0.2) is 19.6 Å². The normalized spacial score (nSPS) is 12.5. The van der Waals surface area contributed by atoms with Crippen LogP contribution in [0.4, 0.5) is 0 Å². The Morgan fingerprint density at radius 1 is 1.05 bits per heavy atom. The molecule has 1 heterocycles. The van der Waals surface area contributed by atoms with Crippen LogP contribution in [0, 0.1) is 0 Å². The minimum atomic E-state index is -0.894. The molecule has 0 saturated carbocycles. The van der Waals surface area contributed by atoms with Crippen LogP contribution in [0.2, 0.25) is 5.02 Å². The fourth-order valence-electron chi connectivity index (χ4n) is 2.11. The van der Waals surface area contributed by atoms with E-state index in [4.69, 9.17) is 11.6 Å². The second-order valence-corrected chi connectivity index (χ2v) is 6.82. The molecule has 0 fully saturated rings. The topological polar surface area (TPSA) is 37.3 Å². The van der Waals surface area contributed by atoms with Gasteiger partial charge in [-0.1, -0.05) is 0 Å². The van der Waals surface area contributed by atoms with Gasteiger partial charge in [0.25, 0.3) is 0 Å². The van der Waals surface area contributed by atoms with Gasteiger partial charge in [-0.3, -0.25) is 0 Å². The van der Waals surface area contributed by atoms with Gasteiger partial charge in [0.15, 0.2) is 0 Å². The Morgan fingerprint density at radius 3 is 2.50 bits per heavy atom. The zero-order valence-electron chi connectivity index (χ0n) is 10.4. The van der Waals surface area contributed by atoms with E-state index in [1.807, 2.05) is 29.2 Å². The van der Waals surface area contributed by atoms with Crippen molar-refractivity contribution in [3.05, 3.63) is 79.8 Å². The quantitative estimate of drug-likeness (QED) is 0.722. The molecular weight excluding hydrogens is 339 g/mol. The van der Waals surface area contributed by atoms with Gasteiger partial charge in [0, 0.05) is 0 Å². The summed E-state index contributed by atoms with van der Waals surface area (Å²) in [4.78, 5) is 14.3. The average molecular weight is 350 g/mol.